The summed E-state index contributed by atoms with van der Waals surface area (Å²) in [5.41, 5.74) is 0.282. The Balaban J connectivity index is 1.44. The van der Waals surface area contributed by atoms with Gasteiger partial charge in [-0.3, -0.25) is 4.79 Å². The topological polar surface area (TPSA) is 45.2 Å². The molecule has 152 valence electrons. The summed E-state index contributed by atoms with van der Waals surface area (Å²) < 4.78 is 52.1. The Morgan fingerprint density at radius 3 is 2.66 bits per heavy atom. The van der Waals surface area contributed by atoms with E-state index in [-0.39, 0.29) is 17.6 Å². The first kappa shape index (κ1) is 19.6. The smallest absolute Gasteiger partial charge is 0.347 e. The third kappa shape index (κ3) is 4.34. The molecule has 0 saturated carbocycles. The van der Waals surface area contributed by atoms with Gasteiger partial charge in [-0.1, -0.05) is 11.3 Å². The second kappa shape index (κ2) is 7.62. The van der Waals surface area contributed by atoms with Gasteiger partial charge in [-0.15, -0.1) is 0 Å². The molecule has 1 saturated heterocycles. The molecule has 1 fully saturated rings. The first-order valence-electron chi connectivity index (χ1n) is 9.09. The van der Waals surface area contributed by atoms with E-state index in [1.54, 1.807) is 6.07 Å². The van der Waals surface area contributed by atoms with Crippen LogP contribution < -0.4 is 10.2 Å². The molecule has 1 N–H and O–H groups in total. The van der Waals surface area contributed by atoms with Crippen LogP contribution >= 0.6 is 11.3 Å². The average Bonchev–Trinajstić information content (AvgIpc) is 3.11. The number of benzene rings is 2. The highest BCUT2D eigenvalue weighted by Crippen LogP contribution is 2.33. The predicted molar refractivity (Wildman–Crippen MR) is 105 cm³/mol. The van der Waals surface area contributed by atoms with Crippen LogP contribution in [0, 0.1) is 11.7 Å². The monoisotopic (exact) mass is 423 g/mol. The Labute approximate surface area is 168 Å². The largest absolute Gasteiger partial charge is 0.416 e. The zero-order valence-corrected chi connectivity index (χ0v) is 16.0. The molecule has 3 aromatic rings. The van der Waals surface area contributed by atoms with Gasteiger partial charge >= 0.3 is 6.18 Å². The zero-order valence-electron chi connectivity index (χ0n) is 15.2. The van der Waals surface area contributed by atoms with Crippen LogP contribution in [0.5, 0.6) is 0 Å². The molecule has 1 aliphatic rings. The number of aromatic nitrogens is 1. The fraction of sp³-hybridized carbons (Fsp3) is 0.300. The molecule has 29 heavy (non-hydrogen) atoms. The normalized spacial score (nSPS) is 17.5. The van der Waals surface area contributed by atoms with E-state index >= 15 is 0 Å². The lowest BCUT2D eigenvalue weighted by Crippen LogP contribution is -2.40. The number of nitrogens with zero attached hydrogens (tertiary/aromatic N) is 2. The van der Waals surface area contributed by atoms with Crippen molar-refractivity contribution in [1.29, 1.82) is 0 Å². The quantitative estimate of drug-likeness (QED) is 0.581. The third-order valence-electron chi connectivity index (χ3n) is 4.88. The fourth-order valence-electron chi connectivity index (χ4n) is 3.37. The molecular formula is C20H17F4N3OS. The summed E-state index contributed by atoms with van der Waals surface area (Å²) in [5.74, 6) is -0.864. The van der Waals surface area contributed by atoms with E-state index in [1.165, 1.54) is 35.6 Å². The van der Waals surface area contributed by atoms with Gasteiger partial charge in [0, 0.05) is 18.8 Å². The zero-order chi connectivity index (χ0) is 20.6. The molecule has 1 unspecified atom stereocenters. The van der Waals surface area contributed by atoms with Crippen LogP contribution in [0.4, 0.5) is 28.4 Å². The Morgan fingerprint density at radius 1 is 1.17 bits per heavy atom. The Bertz CT molecular complexity index is 1030. The summed E-state index contributed by atoms with van der Waals surface area (Å²) in [5, 5.41) is 3.43. The average molecular weight is 423 g/mol. The molecule has 1 aromatic heterocycles. The maximum atomic E-state index is 13.4. The van der Waals surface area contributed by atoms with Gasteiger partial charge < -0.3 is 10.2 Å². The first-order chi connectivity index (χ1) is 13.8. The Morgan fingerprint density at radius 2 is 1.93 bits per heavy atom. The van der Waals surface area contributed by atoms with Crippen molar-refractivity contribution < 1.29 is 22.4 Å². The molecule has 1 atom stereocenters. The summed E-state index contributed by atoms with van der Waals surface area (Å²) in [6.45, 7) is 1.20. The number of fused-ring (bicyclic) bond motifs is 1. The number of carbonyl (C=O) groups is 1. The minimum atomic E-state index is -4.41. The summed E-state index contributed by atoms with van der Waals surface area (Å²) in [4.78, 5) is 19.1. The number of hydrogen-bond acceptors (Lipinski definition) is 4. The number of halogens is 4. The minimum Gasteiger partial charge on any atom is -0.347 e. The number of alkyl halides is 3. The molecule has 9 heteroatoms. The van der Waals surface area contributed by atoms with E-state index in [4.69, 9.17) is 0 Å². The summed E-state index contributed by atoms with van der Waals surface area (Å²) in [7, 11) is 0. The van der Waals surface area contributed by atoms with Gasteiger partial charge in [0.05, 0.1) is 21.7 Å². The van der Waals surface area contributed by atoms with E-state index in [2.05, 4.69) is 10.3 Å². The van der Waals surface area contributed by atoms with Gasteiger partial charge in [-0.05, 0) is 55.3 Å². The van der Waals surface area contributed by atoms with E-state index in [1.807, 2.05) is 4.90 Å². The lowest BCUT2D eigenvalue weighted by atomic mass is 9.97. The van der Waals surface area contributed by atoms with E-state index in [9.17, 15) is 22.4 Å². The number of piperidine rings is 1. The van der Waals surface area contributed by atoms with Crippen molar-refractivity contribution >= 4 is 38.3 Å². The Hall–Kier alpha value is -2.68. The van der Waals surface area contributed by atoms with E-state index in [0.29, 0.717) is 24.2 Å². The van der Waals surface area contributed by atoms with Gasteiger partial charge in [0.25, 0.3) is 0 Å². The van der Waals surface area contributed by atoms with Gasteiger partial charge in [0.15, 0.2) is 5.13 Å². The predicted octanol–water partition coefficient (Wildman–Crippen LogP) is 5.31. The van der Waals surface area contributed by atoms with Gasteiger partial charge in [0.2, 0.25) is 5.91 Å². The van der Waals surface area contributed by atoms with Crippen LogP contribution in [0.25, 0.3) is 10.2 Å². The number of thiazole rings is 1. The SMILES string of the molecule is O=C(Nc1ccc(C(F)(F)F)cc1)C1CCCN(c2nc3ccc(F)cc3s2)C1. The number of nitrogens with one attached hydrogen (secondary N) is 1. The molecule has 2 aromatic carbocycles. The molecule has 4 rings (SSSR count). The lowest BCUT2D eigenvalue weighted by molar-refractivity contribution is -0.137. The van der Waals surface area contributed by atoms with Crippen LogP contribution in [-0.2, 0) is 11.0 Å². The van der Waals surface area contributed by atoms with Crippen molar-refractivity contribution in [3.8, 4) is 0 Å². The van der Waals surface area contributed by atoms with Gasteiger partial charge in [-0.25, -0.2) is 9.37 Å². The molecule has 0 spiro atoms. The van der Waals surface area contributed by atoms with Gasteiger partial charge in [-0.2, -0.15) is 13.2 Å². The number of hydrogen-bond donors (Lipinski definition) is 1. The maximum absolute atomic E-state index is 13.4. The van der Waals surface area contributed by atoms with Crippen molar-refractivity contribution in [3.05, 3.63) is 53.8 Å². The van der Waals surface area contributed by atoms with Crippen LogP contribution in [0.3, 0.4) is 0 Å². The van der Waals surface area contributed by atoms with Gasteiger partial charge in [0.1, 0.15) is 5.82 Å². The van der Waals surface area contributed by atoms with Crippen molar-refractivity contribution in [1.82, 2.24) is 4.98 Å². The maximum Gasteiger partial charge on any atom is 0.416 e. The summed E-state index contributed by atoms with van der Waals surface area (Å²) in [6, 6.07) is 8.83. The van der Waals surface area contributed by atoms with Crippen LogP contribution in [0.2, 0.25) is 0 Å². The molecule has 4 nitrogen and oxygen atoms in total. The van der Waals surface area contributed by atoms with Crippen molar-refractivity contribution in [2.45, 2.75) is 19.0 Å². The number of rotatable bonds is 3. The molecule has 0 bridgehead atoms. The van der Waals surface area contributed by atoms with Crippen LogP contribution in [0.1, 0.15) is 18.4 Å². The van der Waals surface area contributed by atoms with E-state index < -0.39 is 11.7 Å². The summed E-state index contributed by atoms with van der Waals surface area (Å²) >= 11 is 1.38. The van der Waals surface area contributed by atoms with Crippen LogP contribution in [0.15, 0.2) is 42.5 Å². The van der Waals surface area contributed by atoms with E-state index in [0.717, 1.165) is 34.9 Å². The van der Waals surface area contributed by atoms with Crippen molar-refractivity contribution in [2.75, 3.05) is 23.3 Å². The molecule has 1 amide bonds. The highest BCUT2D eigenvalue weighted by atomic mass is 32.1. The highest BCUT2D eigenvalue weighted by Gasteiger charge is 2.31. The Kier molecular flexibility index (Phi) is 5.16. The molecule has 0 aliphatic carbocycles. The summed E-state index contributed by atoms with van der Waals surface area (Å²) in [6.07, 6.45) is -2.94. The second-order valence-corrected chi connectivity index (χ2v) is 7.97. The second-order valence-electron chi connectivity index (χ2n) is 6.96. The molecule has 0 radical (unpaired) electrons. The third-order valence-corrected chi connectivity index (χ3v) is 5.96. The molecular weight excluding hydrogens is 406 g/mol. The molecule has 1 aliphatic heterocycles. The number of carbonyl (C=O) groups excluding carboxylic acids is 1. The number of amides is 1. The standard InChI is InChI=1S/C20H17F4N3OS/c21-14-5-8-16-17(10-14)29-19(26-16)27-9-1-2-12(11-27)18(28)25-15-6-3-13(4-7-15)20(22,23)24/h3-8,10,12H,1-2,9,11H2,(H,25,28). The lowest BCUT2D eigenvalue weighted by Gasteiger charge is -2.31. The molecule has 2 heterocycles. The number of anilines is 2. The minimum absolute atomic E-state index is 0.235. The fourth-order valence-corrected chi connectivity index (χ4v) is 4.40. The van der Waals surface area contributed by atoms with Crippen molar-refractivity contribution in [3.63, 3.8) is 0 Å². The van der Waals surface area contributed by atoms with Crippen molar-refractivity contribution in [2.24, 2.45) is 5.92 Å². The van der Waals surface area contributed by atoms with Crippen LogP contribution in [-0.4, -0.2) is 24.0 Å². The highest BCUT2D eigenvalue weighted by molar-refractivity contribution is 7.22. The first-order valence-corrected chi connectivity index (χ1v) is 9.90.